The van der Waals surface area contributed by atoms with E-state index in [2.05, 4.69) is 10.1 Å². The van der Waals surface area contributed by atoms with Crippen LogP contribution in [0.1, 0.15) is 40.5 Å². The molecule has 0 radical (unpaired) electrons. The third-order valence-corrected chi connectivity index (χ3v) is 6.14. The number of aryl methyl sites for hydroxylation is 1. The number of carbonyl (C=O) groups excluding carboxylic acids is 1. The Kier molecular flexibility index (Phi) is 5.96. The van der Waals surface area contributed by atoms with Crippen LogP contribution >= 0.6 is 11.6 Å². The maximum Gasteiger partial charge on any atom is 0.257 e. The van der Waals surface area contributed by atoms with Crippen molar-refractivity contribution < 1.29 is 4.79 Å². The van der Waals surface area contributed by atoms with Crippen molar-refractivity contribution in [2.75, 3.05) is 32.1 Å². The molecule has 1 amide bonds. The Balaban J connectivity index is 1.69. The minimum absolute atomic E-state index is 0.0292. The zero-order valence-electron chi connectivity index (χ0n) is 18.3. The summed E-state index contributed by atoms with van der Waals surface area (Å²) in [5.41, 5.74) is 4.45. The highest BCUT2D eigenvalue weighted by Gasteiger charge is 2.30. The molecule has 1 saturated heterocycles. The Hall–Kier alpha value is -2.93. The van der Waals surface area contributed by atoms with Crippen LogP contribution < -0.4 is 4.90 Å². The van der Waals surface area contributed by atoms with Crippen LogP contribution in [0.25, 0.3) is 11.1 Å². The third kappa shape index (κ3) is 4.28. The van der Waals surface area contributed by atoms with E-state index in [4.69, 9.17) is 16.6 Å². The number of hydrogen-bond acceptors (Lipinski definition) is 5. The van der Waals surface area contributed by atoms with Crippen LogP contribution in [0.3, 0.4) is 0 Å². The number of anilines is 1. The molecule has 0 spiro atoms. The van der Waals surface area contributed by atoms with Crippen LogP contribution in [-0.4, -0.2) is 57.7 Å². The number of rotatable bonds is 4. The number of halogens is 1. The molecule has 0 unspecified atom stereocenters. The predicted molar refractivity (Wildman–Crippen MR) is 123 cm³/mol. The monoisotopic (exact) mass is 438 g/mol. The van der Waals surface area contributed by atoms with Crippen molar-refractivity contribution >= 4 is 23.5 Å². The summed E-state index contributed by atoms with van der Waals surface area (Å²) in [6.45, 7) is 3.28. The van der Waals surface area contributed by atoms with Crippen molar-refractivity contribution in [2.24, 2.45) is 7.05 Å². The van der Waals surface area contributed by atoms with Crippen molar-refractivity contribution in [3.05, 3.63) is 58.6 Å². The molecule has 4 rings (SSSR count). The van der Waals surface area contributed by atoms with Gasteiger partial charge in [0.05, 0.1) is 17.5 Å². The van der Waals surface area contributed by atoms with Crippen LogP contribution in [0.15, 0.2) is 36.7 Å². The van der Waals surface area contributed by atoms with Gasteiger partial charge < -0.3 is 9.80 Å². The van der Waals surface area contributed by atoms with Gasteiger partial charge >= 0.3 is 0 Å². The van der Waals surface area contributed by atoms with Gasteiger partial charge in [0.2, 0.25) is 5.95 Å². The van der Waals surface area contributed by atoms with Crippen molar-refractivity contribution in [1.82, 2.24) is 24.6 Å². The van der Waals surface area contributed by atoms with Crippen LogP contribution in [0.4, 0.5) is 5.95 Å². The van der Waals surface area contributed by atoms with Gasteiger partial charge in [-0.1, -0.05) is 23.7 Å². The van der Waals surface area contributed by atoms with E-state index in [0.29, 0.717) is 23.1 Å². The molecule has 0 aliphatic carbocycles. The maximum atomic E-state index is 13.2. The van der Waals surface area contributed by atoms with Crippen molar-refractivity contribution in [1.29, 1.82) is 0 Å². The van der Waals surface area contributed by atoms with E-state index in [1.165, 1.54) is 0 Å². The molecule has 1 aliphatic heterocycles. The normalized spacial score (nSPS) is 16.4. The number of likely N-dealkylation sites (tertiary alicyclic amines) is 1. The Morgan fingerprint density at radius 2 is 2.06 bits per heavy atom. The molecule has 7 nitrogen and oxygen atoms in total. The highest BCUT2D eigenvalue weighted by Crippen LogP contribution is 2.35. The SMILES string of the molecule is Cc1c(C(=O)N2CCC[C@@H](c3nc(N(C)C)ncc3-c3cccc(Cl)c3)C2)cnn1C. The summed E-state index contributed by atoms with van der Waals surface area (Å²) in [4.78, 5) is 26.5. The van der Waals surface area contributed by atoms with Gasteiger partial charge in [-0.2, -0.15) is 5.10 Å². The first-order chi connectivity index (χ1) is 14.8. The van der Waals surface area contributed by atoms with Gasteiger partial charge in [-0.15, -0.1) is 0 Å². The number of aromatic nitrogens is 4. The Morgan fingerprint density at radius 3 is 2.74 bits per heavy atom. The van der Waals surface area contributed by atoms with Gasteiger partial charge in [0.1, 0.15) is 0 Å². The van der Waals surface area contributed by atoms with Crippen LogP contribution in [0.5, 0.6) is 0 Å². The molecule has 3 aromatic rings. The topological polar surface area (TPSA) is 67.2 Å². The Labute approximate surface area is 187 Å². The lowest BCUT2D eigenvalue weighted by atomic mass is 9.89. The highest BCUT2D eigenvalue weighted by molar-refractivity contribution is 6.30. The van der Waals surface area contributed by atoms with Crippen LogP contribution in [-0.2, 0) is 7.05 Å². The van der Waals surface area contributed by atoms with Gasteiger partial charge in [0.25, 0.3) is 5.91 Å². The lowest BCUT2D eigenvalue weighted by molar-refractivity contribution is 0.0705. The van der Waals surface area contributed by atoms with Crippen LogP contribution in [0.2, 0.25) is 5.02 Å². The van der Waals surface area contributed by atoms with Crippen LogP contribution in [0, 0.1) is 6.92 Å². The first kappa shape index (κ1) is 21.3. The summed E-state index contributed by atoms with van der Waals surface area (Å²) in [7, 11) is 5.71. The molecule has 3 heterocycles. The molecule has 2 aromatic heterocycles. The number of hydrogen-bond donors (Lipinski definition) is 0. The first-order valence-electron chi connectivity index (χ1n) is 10.4. The second-order valence-corrected chi connectivity index (χ2v) is 8.67. The van der Waals surface area contributed by atoms with E-state index in [1.54, 1.807) is 10.9 Å². The minimum Gasteiger partial charge on any atom is -0.347 e. The zero-order valence-corrected chi connectivity index (χ0v) is 19.1. The first-order valence-corrected chi connectivity index (χ1v) is 10.8. The Morgan fingerprint density at radius 1 is 1.26 bits per heavy atom. The summed E-state index contributed by atoms with van der Waals surface area (Å²) in [6, 6.07) is 7.75. The fourth-order valence-electron chi connectivity index (χ4n) is 4.05. The minimum atomic E-state index is 0.0292. The highest BCUT2D eigenvalue weighted by atomic mass is 35.5. The lowest BCUT2D eigenvalue weighted by Gasteiger charge is -2.33. The average molecular weight is 439 g/mol. The van der Waals surface area contributed by atoms with E-state index < -0.39 is 0 Å². The summed E-state index contributed by atoms with van der Waals surface area (Å²) in [6.07, 6.45) is 5.42. The number of amides is 1. The molecular weight excluding hydrogens is 412 g/mol. The molecule has 8 heteroatoms. The van der Waals surface area contributed by atoms with E-state index >= 15 is 0 Å². The van der Waals surface area contributed by atoms with Crippen molar-refractivity contribution in [3.8, 4) is 11.1 Å². The Bertz CT molecular complexity index is 1110. The van der Waals surface area contributed by atoms with Gasteiger partial charge in [-0.3, -0.25) is 9.48 Å². The standard InChI is InChI=1S/C23H27ClN6O/c1-15-19(13-26-29(15)4)22(31)30-10-6-8-17(14-30)21-20(12-25-23(27-21)28(2)3)16-7-5-9-18(24)11-16/h5,7,9,11-13,17H,6,8,10,14H2,1-4H3/t17-/m1/s1. The molecule has 0 saturated carbocycles. The summed E-state index contributed by atoms with van der Waals surface area (Å²) in [5.74, 6) is 0.805. The quantitative estimate of drug-likeness (QED) is 0.617. The van der Waals surface area contributed by atoms with Crippen molar-refractivity contribution in [3.63, 3.8) is 0 Å². The largest absolute Gasteiger partial charge is 0.347 e. The third-order valence-electron chi connectivity index (χ3n) is 5.90. The number of nitrogens with zero attached hydrogens (tertiary/aromatic N) is 6. The summed E-state index contributed by atoms with van der Waals surface area (Å²) >= 11 is 6.25. The lowest BCUT2D eigenvalue weighted by Crippen LogP contribution is -2.39. The maximum absolute atomic E-state index is 13.2. The van der Waals surface area contributed by atoms with Gasteiger partial charge in [0, 0.05) is 62.6 Å². The summed E-state index contributed by atoms with van der Waals surface area (Å²) < 4.78 is 1.74. The molecule has 31 heavy (non-hydrogen) atoms. The average Bonchev–Trinajstić information content (AvgIpc) is 3.11. The molecule has 1 fully saturated rings. The van der Waals surface area contributed by atoms with Gasteiger partial charge in [-0.25, -0.2) is 9.97 Å². The van der Waals surface area contributed by atoms with E-state index in [-0.39, 0.29) is 11.8 Å². The number of benzene rings is 1. The smallest absolute Gasteiger partial charge is 0.257 e. The predicted octanol–water partition coefficient (Wildman–Crippen LogP) is 3.92. The molecular formula is C23H27ClN6O. The van der Waals surface area contributed by atoms with Gasteiger partial charge in [-0.05, 0) is 37.5 Å². The second-order valence-electron chi connectivity index (χ2n) is 8.23. The number of carbonyl (C=O) groups is 1. The fourth-order valence-corrected chi connectivity index (χ4v) is 4.24. The molecule has 0 N–H and O–H groups in total. The fraction of sp³-hybridized carbons (Fsp3) is 0.391. The second kappa shape index (κ2) is 8.67. The number of piperidine rings is 1. The van der Waals surface area contributed by atoms with E-state index in [1.807, 2.05) is 68.3 Å². The molecule has 1 atom stereocenters. The molecule has 0 bridgehead atoms. The van der Waals surface area contributed by atoms with E-state index in [9.17, 15) is 4.79 Å². The molecule has 1 aliphatic rings. The molecule has 162 valence electrons. The molecule has 1 aromatic carbocycles. The van der Waals surface area contributed by atoms with Gasteiger partial charge in [0.15, 0.2) is 0 Å². The van der Waals surface area contributed by atoms with Crippen molar-refractivity contribution in [2.45, 2.75) is 25.7 Å². The van der Waals surface area contributed by atoms with E-state index in [0.717, 1.165) is 41.9 Å². The zero-order chi connectivity index (χ0) is 22.1. The summed E-state index contributed by atoms with van der Waals surface area (Å²) in [5, 5.41) is 4.91.